The molecule has 5 nitrogen and oxygen atoms in total. The Balaban J connectivity index is 1.71. The number of rotatable bonds is 3. The Kier molecular flexibility index (Phi) is 4.10. The number of likely N-dealkylation sites (tertiary alicyclic amines) is 1. The Hall–Kier alpha value is -1.62. The van der Waals surface area contributed by atoms with Crippen molar-refractivity contribution in [3.8, 4) is 0 Å². The minimum atomic E-state index is -0.175. The molecule has 5 heteroatoms. The Labute approximate surface area is 124 Å². The summed E-state index contributed by atoms with van der Waals surface area (Å²) in [6.45, 7) is 3.72. The van der Waals surface area contributed by atoms with Gasteiger partial charge >= 0.3 is 0 Å². The number of hydrogen-bond acceptors (Lipinski definition) is 3. The number of nitrogens with one attached hydrogen (secondary N) is 2. The monoisotopic (exact) mass is 289 g/mol. The highest BCUT2D eigenvalue weighted by Crippen LogP contribution is 2.28. The average Bonchev–Trinajstić information content (AvgIpc) is 3.00. The van der Waals surface area contributed by atoms with Crippen LogP contribution in [0.1, 0.15) is 49.9 Å². The molecule has 0 bridgehead atoms. The third-order valence-electron chi connectivity index (χ3n) is 4.57. The molecule has 0 saturated carbocycles. The number of nitrogens with zero attached hydrogens (tertiary/aromatic N) is 1. The standard InChI is InChI=1S/C16H23N3O2/c1-11(16(21)19-9-2-3-10-19)17-13-5-4-6-14-12(13)7-8-15(20)18-14/h7-8,11,13,17H,2-6,9-10H2,1H3,(H,18,20). The maximum atomic E-state index is 12.4. The highest BCUT2D eigenvalue weighted by Gasteiger charge is 2.27. The summed E-state index contributed by atoms with van der Waals surface area (Å²) >= 11 is 0. The number of hydrogen-bond donors (Lipinski definition) is 2. The molecule has 1 aliphatic carbocycles. The van der Waals surface area contributed by atoms with Crippen LogP contribution in [0.3, 0.4) is 0 Å². The van der Waals surface area contributed by atoms with Gasteiger partial charge in [-0.2, -0.15) is 0 Å². The fourth-order valence-corrected chi connectivity index (χ4v) is 3.46. The molecule has 0 aromatic carbocycles. The molecule has 1 aromatic heterocycles. The lowest BCUT2D eigenvalue weighted by atomic mass is 9.91. The zero-order valence-electron chi connectivity index (χ0n) is 12.5. The van der Waals surface area contributed by atoms with E-state index in [0.29, 0.717) is 0 Å². The summed E-state index contributed by atoms with van der Waals surface area (Å²) in [5.74, 6) is 0.198. The number of pyridine rings is 1. The topological polar surface area (TPSA) is 65.2 Å². The van der Waals surface area contributed by atoms with Gasteiger partial charge in [-0.05, 0) is 44.6 Å². The van der Waals surface area contributed by atoms with Crippen LogP contribution >= 0.6 is 0 Å². The molecule has 0 radical (unpaired) electrons. The number of aromatic amines is 1. The van der Waals surface area contributed by atoms with Gasteiger partial charge in [-0.25, -0.2) is 0 Å². The fraction of sp³-hybridized carbons (Fsp3) is 0.625. The third-order valence-corrected chi connectivity index (χ3v) is 4.57. The van der Waals surface area contributed by atoms with Gasteiger partial charge in [-0.3, -0.25) is 14.9 Å². The van der Waals surface area contributed by atoms with E-state index in [1.165, 1.54) is 0 Å². The van der Waals surface area contributed by atoms with Gasteiger partial charge in [-0.15, -0.1) is 0 Å². The van der Waals surface area contributed by atoms with Gasteiger partial charge in [0.1, 0.15) is 0 Å². The van der Waals surface area contributed by atoms with Crippen LogP contribution in [0.2, 0.25) is 0 Å². The van der Waals surface area contributed by atoms with Crippen molar-refractivity contribution < 1.29 is 4.79 Å². The maximum Gasteiger partial charge on any atom is 0.248 e. The van der Waals surface area contributed by atoms with Gasteiger partial charge in [0.25, 0.3) is 0 Å². The molecule has 114 valence electrons. The molecule has 2 heterocycles. The molecule has 1 amide bonds. The Bertz CT molecular complexity index is 575. The van der Waals surface area contributed by atoms with Crippen molar-refractivity contribution in [2.45, 2.75) is 51.1 Å². The molecular formula is C16H23N3O2. The van der Waals surface area contributed by atoms with Crippen molar-refractivity contribution in [2.24, 2.45) is 0 Å². The summed E-state index contributed by atoms with van der Waals surface area (Å²) in [7, 11) is 0. The van der Waals surface area contributed by atoms with Crippen molar-refractivity contribution in [2.75, 3.05) is 13.1 Å². The summed E-state index contributed by atoms with van der Waals surface area (Å²) in [5, 5.41) is 3.46. The highest BCUT2D eigenvalue weighted by atomic mass is 16.2. The average molecular weight is 289 g/mol. The summed E-state index contributed by atoms with van der Waals surface area (Å²) in [6.07, 6.45) is 5.20. The molecule has 1 aliphatic heterocycles. The number of carbonyl (C=O) groups excluding carboxylic acids is 1. The van der Waals surface area contributed by atoms with E-state index in [1.54, 1.807) is 6.07 Å². The lowest BCUT2D eigenvalue weighted by Crippen LogP contribution is -2.45. The van der Waals surface area contributed by atoms with Gasteiger partial charge in [0, 0.05) is 30.9 Å². The van der Waals surface area contributed by atoms with Crippen molar-refractivity contribution in [3.63, 3.8) is 0 Å². The third kappa shape index (κ3) is 3.02. The molecule has 2 N–H and O–H groups in total. The number of aromatic nitrogens is 1. The zero-order valence-corrected chi connectivity index (χ0v) is 12.5. The lowest BCUT2D eigenvalue weighted by Gasteiger charge is -2.30. The summed E-state index contributed by atoms with van der Waals surface area (Å²) in [4.78, 5) is 28.7. The van der Waals surface area contributed by atoms with Crippen LogP contribution in [0.15, 0.2) is 16.9 Å². The van der Waals surface area contributed by atoms with Crippen LogP contribution in [0, 0.1) is 0 Å². The van der Waals surface area contributed by atoms with Gasteiger partial charge in [0.15, 0.2) is 0 Å². The number of aryl methyl sites for hydroxylation is 1. The molecule has 1 fully saturated rings. The van der Waals surface area contributed by atoms with Crippen LogP contribution in [0.5, 0.6) is 0 Å². The van der Waals surface area contributed by atoms with E-state index >= 15 is 0 Å². The molecule has 1 saturated heterocycles. The van der Waals surface area contributed by atoms with E-state index in [-0.39, 0.29) is 23.6 Å². The summed E-state index contributed by atoms with van der Waals surface area (Å²) in [6, 6.07) is 3.46. The molecule has 21 heavy (non-hydrogen) atoms. The van der Waals surface area contributed by atoms with Crippen molar-refractivity contribution >= 4 is 5.91 Å². The SMILES string of the molecule is CC(NC1CCCc2[nH]c(=O)ccc21)C(=O)N1CCCC1. The van der Waals surface area contributed by atoms with Crippen LogP contribution in [0.25, 0.3) is 0 Å². The molecule has 2 atom stereocenters. The second-order valence-corrected chi connectivity index (χ2v) is 6.12. The first-order valence-corrected chi connectivity index (χ1v) is 7.92. The predicted octanol–water partition coefficient (Wildman–Crippen LogP) is 1.35. The first-order valence-electron chi connectivity index (χ1n) is 7.92. The number of fused-ring (bicyclic) bond motifs is 1. The van der Waals surface area contributed by atoms with Gasteiger partial charge in [-0.1, -0.05) is 6.07 Å². The maximum absolute atomic E-state index is 12.4. The van der Waals surface area contributed by atoms with E-state index in [4.69, 9.17) is 0 Å². The number of amides is 1. The predicted molar refractivity (Wildman–Crippen MR) is 81.2 cm³/mol. The Morgan fingerprint density at radius 2 is 2.10 bits per heavy atom. The molecule has 2 unspecified atom stereocenters. The Morgan fingerprint density at radius 3 is 2.86 bits per heavy atom. The van der Waals surface area contributed by atoms with Crippen LogP contribution in [-0.4, -0.2) is 34.9 Å². The summed E-state index contributed by atoms with van der Waals surface area (Å²) < 4.78 is 0. The molecule has 1 aromatic rings. The number of carbonyl (C=O) groups is 1. The summed E-state index contributed by atoms with van der Waals surface area (Å²) in [5.41, 5.74) is 2.12. The fourth-order valence-electron chi connectivity index (χ4n) is 3.46. The van der Waals surface area contributed by atoms with Gasteiger partial charge < -0.3 is 9.88 Å². The van der Waals surface area contributed by atoms with E-state index in [0.717, 1.165) is 56.5 Å². The number of H-pyrrole nitrogens is 1. The molecule has 0 spiro atoms. The van der Waals surface area contributed by atoms with Crippen molar-refractivity contribution in [1.82, 2.24) is 15.2 Å². The van der Waals surface area contributed by atoms with Crippen molar-refractivity contribution in [3.05, 3.63) is 33.7 Å². The first kappa shape index (κ1) is 14.3. The molecule has 2 aliphatic rings. The van der Waals surface area contributed by atoms with E-state index < -0.39 is 0 Å². The lowest BCUT2D eigenvalue weighted by molar-refractivity contribution is -0.132. The minimum absolute atomic E-state index is 0.0457. The minimum Gasteiger partial charge on any atom is -0.341 e. The second-order valence-electron chi connectivity index (χ2n) is 6.12. The first-order chi connectivity index (χ1) is 10.1. The zero-order chi connectivity index (χ0) is 14.8. The smallest absolute Gasteiger partial charge is 0.248 e. The van der Waals surface area contributed by atoms with Gasteiger partial charge in [0.2, 0.25) is 11.5 Å². The molecule has 3 rings (SSSR count). The quantitative estimate of drug-likeness (QED) is 0.883. The normalized spacial score (nSPS) is 22.9. The highest BCUT2D eigenvalue weighted by molar-refractivity contribution is 5.81. The van der Waals surface area contributed by atoms with Crippen molar-refractivity contribution in [1.29, 1.82) is 0 Å². The second kappa shape index (κ2) is 6.02. The van der Waals surface area contributed by atoms with E-state index in [2.05, 4.69) is 10.3 Å². The van der Waals surface area contributed by atoms with E-state index in [9.17, 15) is 9.59 Å². The Morgan fingerprint density at radius 1 is 1.33 bits per heavy atom. The van der Waals surface area contributed by atoms with Gasteiger partial charge in [0.05, 0.1) is 6.04 Å². The largest absolute Gasteiger partial charge is 0.341 e. The van der Waals surface area contributed by atoms with Crippen LogP contribution in [-0.2, 0) is 11.2 Å². The molecular weight excluding hydrogens is 266 g/mol. The van der Waals surface area contributed by atoms with Crippen LogP contribution < -0.4 is 10.9 Å². The van der Waals surface area contributed by atoms with E-state index in [1.807, 2.05) is 17.9 Å². The van der Waals surface area contributed by atoms with Crippen LogP contribution in [0.4, 0.5) is 0 Å².